The Morgan fingerprint density at radius 3 is 2.81 bits per heavy atom. The molecule has 0 aromatic heterocycles. The number of aryl methyl sites for hydroxylation is 1. The number of hydrogen-bond donors (Lipinski definition) is 1. The molecule has 0 radical (unpaired) electrons. The maximum absolute atomic E-state index is 13.0. The number of benzene rings is 2. The van der Waals surface area contributed by atoms with Crippen molar-refractivity contribution < 1.29 is 14.3 Å². The molecule has 16 heavy (non-hydrogen) atoms. The largest absolute Gasteiger partial charge is 0.481 e. The van der Waals surface area contributed by atoms with Crippen LogP contribution in [0.4, 0.5) is 4.39 Å². The third-order valence-corrected chi connectivity index (χ3v) is 2.54. The summed E-state index contributed by atoms with van der Waals surface area (Å²) in [6, 6.07) is 10.1. The van der Waals surface area contributed by atoms with E-state index in [-0.39, 0.29) is 12.2 Å². The molecule has 0 fully saturated rings. The molecule has 2 rings (SSSR count). The molecule has 0 unspecified atom stereocenters. The molecular weight excluding hydrogens is 207 g/mol. The van der Waals surface area contributed by atoms with Gasteiger partial charge in [-0.1, -0.05) is 24.3 Å². The van der Waals surface area contributed by atoms with Gasteiger partial charge < -0.3 is 5.11 Å². The molecule has 0 aliphatic heterocycles. The van der Waals surface area contributed by atoms with Crippen LogP contribution in [0.2, 0.25) is 0 Å². The number of carbonyl (C=O) groups is 1. The second-order valence-electron chi connectivity index (χ2n) is 3.68. The summed E-state index contributed by atoms with van der Waals surface area (Å²) in [4.78, 5) is 10.5. The van der Waals surface area contributed by atoms with E-state index in [1.165, 1.54) is 12.1 Å². The lowest BCUT2D eigenvalue weighted by molar-refractivity contribution is -0.136. The number of aliphatic carboxylic acids is 1. The van der Waals surface area contributed by atoms with Gasteiger partial charge in [-0.15, -0.1) is 0 Å². The number of carboxylic acids is 1. The minimum atomic E-state index is -0.820. The normalized spacial score (nSPS) is 10.6. The quantitative estimate of drug-likeness (QED) is 0.859. The highest BCUT2D eigenvalue weighted by Crippen LogP contribution is 2.20. The monoisotopic (exact) mass is 218 g/mol. The van der Waals surface area contributed by atoms with Gasteiger partial charge in [0.1, 0.15) is 5.82 Å². The summed E-state index contributed by atoms with van der Waals surface area (Å²) in [5, 5.41) is 10.4. The minimum absolute atomic E-state index is 0.0937. The van der Waals surface area contributed by atoms with Crippen LogP contribution < -0.4 is 0 Å². The van der Waals surface area contributed by atoms with E-state index in [4.69, 9.17) is 5.11 Å². The summed E-state index contributed by atoms with van der Waals surface area (Å²) in [7, 11) is 0. The highest BCUT2D eigenvalue weighted by atomic mass is 19.1. The lowest BCUT2D eigenvalue weighted by Gasteiger charge is -2.05. The highest BCUT2D eigenvalue weighted by Gasteiger charge is 2.04. The minimum Gasteiger partial charge on any atom is -0.481 e. The molecule has 82 valence electrons. The van der Waals surface area contributed by atoms with Crippen molar-refractivity contribution in [2.24, 2.45) is 0 Å². The van der Waals surface area contributed by atoms with Crippen LogP contribution in [0.25, 0.3) is 10.8 Å². The van der Waals surface area contributed by atoms with Gasteiger partial charge in [-0.05, 0) is 34.9 Å². The van der Waals surface area contributed by atoms with Crippen LogP contribution in [0.3, 0.4) is 0 Å². The smallest absolute Gasteiger partial charge is 0.303 e. The van der Waals surface area contributed by atoms with Gasteiger partial charge in [-0.3, -0.25) is 4.79 Å². The average Bonchev–Trinajstić information content (AvgIpc) is 2.25. The van der Waals surface area contributed by atoms with Crippen molar-refractivity contribution in [1.82, 2.24) is 0 Å². The molecular formula is C13H11FO2. The highest BCUT2D eigenvalue weighted by molar-refractivity contribution is 5.86. The van der Waals surface area contributed by atoms with E-state index >= 15 is 0 Å². The fourth-order valence-electron chi connectivity index (χ4n) is 1.78. The van der Waals surface area contributed by atoms with Crippen molar-refractivity contribution in [2.45, 2.75) is 12.8 Å². The molecule has 2 nitrogen and oxygen atoms in total. The number of halogens is 1. The van der Waals surface area contributed by atoms with Gasteiger partial charge in [0.2, 0.25) is 0 Å². The van der Waals surface area contributed by atoms with Gasteiger partial charge in [0.15, 0.2) is 0 Å². The zero-order chi connectivity index (χ0) is 11.5. The van der Waals surface area contributed by atoms with Gasteiger partial charge in [0, 0.05) is 6.42 Å². The van der Waals surface area contributed by atoms with Crippen molar-refractivity contribution in [3.8, 4) is 0 Å². The first-order valence-corrected chi connectivity index (χ1v) is 5.06. The summed E-state index contributed by atoms with van der Waals surface area (Å²) < 4.78 is 13.0. The van der Waals surface area contributed by atoms with Crippen molar-refractivity contribution in [1.29, 1.82) is 0 Å². The fourth-order valence-corrected chi connectivity index (χ4v) is 1.78. The second-order valence-corrected chi connectivity index (χ2v) is 3.68. The first-order chi connectivity index (χ1) is 7.66. The van der Waals surface area contributed by atoms with Gasteiger partial charge in [0.25, 0.3) is 0 Å². The topological polar surface area (TPSA) is 37.3 Å². The maximum Gasteiger partial charge on any atom is 0.303 e. The summed E-state index contributed by atoms with van der Waals surface area (Å²) in [5.74, 6) is -1.10. The van der Waals surface area contributed by atoms with Crippen LogP contribution in [-0.4, -0.2) is 11.1 Å². The van der Waals surface area contributed by atoms with Crippen LogP contribution in [0, 0.1) is 5.82 Å². The summed E-state index contributed by atoms with van der Waals surface area (Å²) in [5.41, 5.74) is 0.944. The molecule has 2 aromatic carbocycles. The molecule has 1 N–H and O–H groups in total. The molecule has 0 aliphatic rings. The van der Waals surface area contributed by atoms with E-state index < -0.39 is 5.97 Å². The lowest BCUT2D eigenvalue weighted by Crippen LogP contribution is -1.97. The fraction of sp³-hybridized carbons (Fsp3) is 0.154. The van der Waals surface area contributed by atoms with E-state index in [1.54, 1.807) is 6.07 Å². The summed E-state index contributed by atoms with van der Waals surface area (Å²) >= 11 is 0. The second kappa shape index (κ2) is 4.31. The van der Waals surface area contributed by atoms with Crippen LogP contribution in [0.15, 0.2) is 36.4 Å². The number of rotatable bonds is 3. The molecule has 0 saturated heterocycles. The Morgan fingerprint density at radius 2 is 2.06 bits per heavy atom. The third-order valence-electron chi connectivity index (χ3n) is 2.54. The molecule has 0 amide bonds. The predicted octanol–water partition coefficient (Wildman–Crippen LogP) is 3.00. The zero-order valence-electron chi connectivity index (χ0n) is 8.61. The Labute approximate surface area is 92.3 Å². The number of fused-ring (bicyclic) bond motifs is 1. The van der Waals surface area contributed by atoms with E-state index in [0.717, 1.165) is 16.3 Å². The lowest BCUT2D eigenvalue weighted by atomic mass is 10.0. The van der Waals surface area contributed by atoms with Crippen LogP contribution in [0.5, 0.6) is 0 Å². The number of carboxylic acid groups (broad SMARTS) is 1. The van der Waals surface area contributed by atoms with Gasteiger partial charge in [-0.2, -0.15) is 0 Å². The average molecular weight is 218 g/mol. The third kappa shape index (κ3) is 2.19. The SMILES string of the molecule is O=C(O)CCc1cccc2cc(F)ccc12. The molecule has 2 aromatic rings. The Kier molecular flexibility index (Phi) is 2.86. The molecule has 0 bridgehead atoms. The van der Waals surface area contributed by atoms with E-state index in [1.807, 2.05) is 18.2 Å². The Morgan fingerprint density at radius 1 is 1.25 bits per heavy atom. The van der Waals surface area contributed by atoms with Crippen LogP contribution >= 0.6 is 0 Å². The van der Waals surface area contributed by atoms with Crippen molar-refractivity contribution >= 4 is 16.7 Å². The predicted molar refractivity (Wildman–Crippen MR) is 59.9 cm³/mol. The summed E-state index contributed by atoms with van der Waals surface area (Å²) in [6.07, 6.45) is 0.564. The van der Waals surface area contributed by atoms with Crippen molar-refractivity contribution in [3.63, 3.8) is 0 Å². The zero-order valence-corrected chi connectivity index (χ0v) is 8.61. The summed E-state index contributed by atoms with van der Waals surface area (Å²) in [6.45, 7) is 0. The maximum atomic E-state index is 13.0. The molecule has 3 heteroatoms. The van der Waals surface area contributed by atoms with Gasteiger partial charge >= 0.3 is 5.97 Å². The van der Waals surface area contributed by atoms with E-state index in [0.29, 0.717) is 6.42 Å². The van der Waals surface area contributed by atoms with E-state index in [2.05, 4.69) is 0 Å². The van der Waals surface area contributed by atoms with Gasteiger partial charge in [-0.25, -0.2) is 4.39 Å². The molecule has 0 spiro atoms. The Balaban J connectivity index is 2.41. The Hall–Kier alpha value is -1.90. The van der Waals surface area contributed by atoms with Crippen LogP contribution in [-0.2, 0) is 11.2 Å². The van der Waals surface area contributed by atoms with Crippen molar-refractivity contribution in [2.75, 3.05) is 0 Å². The standard InChI is InChI=1S/C13H11FO2/c14-11-5-6-12-9(4-7-13(15)16)2-1-3-10(12)8-11/h1-3,5-6,8H,4,7H2,(H,15,16). The first kappa shape index (κ1) is 10.6. The van der Waals surface area contributed by atoms with Crippen LogP contribution in [0.1, 0.15) is 12.0 Å². The Bertz CT molecular complexity index is 534. The van der Waals surface area contributed by atoms with Gasteiger partial charge in [0.05, 0.1) is 0 Å². The molecule has 0 saturated carbocycles. The first-order valence-electron chi connectivity index (χ1n) is 5.06. The number of hydrogen-bond acceptors (Lipinski definition) is 1. The van der Waals surface area contributed by atoms with E-state index in [9.17, 15) is 9.18 Å². The molecule has 0 aliphatic carbocycles. The van der Waals surface area contributed by atoms with Crippen molar-refractivity contribution in [3.05, 3.63) is 47.8 Å². The molecule has 0 atom stereocenters. The molecule has 0 heterocycles.